The molecule has 0 atom stereocenters. The molecule has 0 amide bonds. The molecule has 7 heteroatoms. The summed E-state index contributed by atoms with van der Waals surface area (Å²) in [5, 5.41) is 0. The van der Waals surface area contributed by atoms with Crippen LogP contribution >= 0.6 is 0 Å². The Kier molecular flexibility index (Phi) is 4.59. The van der Waals surface area contributed by atoms with Gasteiger partial charge in [-0.15, -0.1) is 0 Å². The molecule has 1 aliphatic heterocycles. The largest absolute Gasteiger partial charge is 0.461 e. The molecule has 1 fully saturated rings. The van der Waals surface area contributed by atoms with E-state index in [4.69, 9.17) is 10.5 Å². The third kappa shape index (κ3) is 3.69. The molecule has 1 aromatic rings. The molecule has 2 heterocycles. The average molecular weight is 280 g/mol. The van der Waals surface area contributed by atoms with Gasteiger partial charge in [-0.2, -0.15) is 15.0 Å². The number of anilines is 2. The van der Waals surface area contributed by atoms with Gasteiger partial charge in [0, 0.05) is 32.2 Å². The average Bonchev–Trinajstić information content (AvgIpc) is 2.37. The first-order chi connectivity index (χ1) is 9.45. The van der Waals surface area contributed by atoms with Crippen LogP contribution in [0, 0.1) is 0 Å². The number of piperazine rings is 1. The summed E-state index contributed by atoms with van der Waals surface area (Å²) in [6.45, 7) is 12.1. The van der Waals surface area contributed by atoms with Crippen molar-refractivity contribution in [1.82, 2.24) is 19.9 Å². The smallest absolute Gasteiger partial charge is 0.323 e. The molecule has 0 spiro atoms. The molecule has 0 radical (unpaired) electrons. The molecule has 0 unspecified atom stereocenters. The number of nitrogen functional groups attached to an aromatic ring is 1. The van der Waals surface area contributed by atoms with Crippen molar-refractivity contribution in [2.24, 2.45) is 0 Å². The van der Waals surface area contributed by atoms with Crippen molar-refractivity contribution >= 4 is 11.9 Å². The Labute approximate surface area is 120 Å². The Hall–Kier alpha value is -1.63. The van der Waals surface area contributed by atoms with Crippen LogP contribution in [-0.4, -0.2) is 58.2 Å². The van der Waals surface area contributed by atoms with E-state index >= 15 is 0 Å². The van der Waals surface area contributed by atoms with Crippen LogP contribution in [-0.2, 0) is 0 Å². The Morgan fingerprint density at radius 1 is 1.00 bits per heavy atom. The summed E-state index contributed by atoms with van der Waals surface area (Å²) in [6.07, 6.45) is 0.0161. The van der Waals surface area contributed by atoms with E-state index in [1.165, 1.54) is 0 Å². The summed E-state index contributed by atoms with van der Waals surface area (Å²) >= 11 is 0. The van der Waals surface area contributed by atoms with Gasteiger partial charge in [-0.05, 0) is 27.7 Å². The van der Waals surface area contributed by atoms with E-state index in [-0.39, 0.29) is 12.1 Å². The van der Waals surface area contributed by atoms with Crippen LogP contribution in [0.5, 0.6) is 6.01 Å². The lowest BCUT2D eigenvalue weighted by Gasteiger charge is -2.36. The van der Waals surface area contributed by atoms with Crippen molar-refractivity contribution < 1.29 is 4.74 Å². The van der Waals surface area contributed by atoms with E-state index in [1.807, 2.05) is 13.8 Å². The van der Waals surface area contributed by atoms with Crippen molar-refractivity contribution in [2.45, 2.75) is 39.8 Å². The van der Waals surface area contributed by atoms with E-state index < -0.39 is 0 Å². The summed E-state index contributed by atoms with van der Waals surface area (Å²) in [5.41, 5.74) is 5.74. The standard InChI is InChI=1S/C13H24N6O/c1-9(2)18-5-7-19(8-6-18)12-15-11(14)16-13(17-12)20-10(3)4/h9-10H,5-8H2,1-4H3,(H2,14,15,16,17). The van der Waals surface area contributed by atoms with E-state index in [0.29, 0.717) is 18.0 Å². The molecule has 1 aromatic heterocycles. The first-order valence-corrected chi connectivity index (χ1v) is 7.13. The highest BCUT2D eigenvalue weighted by atomic mass is 16.5. The highest BCUT2D eigenvalue weighted by Gasteiger charge is 2.21. The zero-order chi connectivity index (χ0) is 14.7. The van der Waals surface area contributed by atoms with Crippen molar-refractivity contribution in [2.75, 3.05) is 36.8 Å². The minimum atomic E-state index is 0.0161. The van der Waals surface area contributed by atoms with E-state index in [9.17, 15) is 0 Å². The van der Waals surface area contributed by atoms with Gasteiger partial charge in [0.25, 0.3) is 0 Å². The second-order valence-corrected chi connectivity index (χ2v) is 5.56. The molecule has 0 aromatic carbocycles. The van der Waals surface area contributed by atoms with Gasteiger partial charge >= 0.3 is 6.01 Å². The van der Waals surface area contributed by atoms with Crippen LogP contribution in [0.4, 0.5) is 11.9 Å². The zero-order valence-corrected chi connectivity index (χ0v) is 12.7. The fourth-order valence-electron chi connectivity index (χ4n) is 2.20. The quantitative estimate of drug-likeness (QED) is 0.872. The highest BCUT2D eigenvalue weighted by Crippen LogP contribution is 2.17. The third-order valence-corrected chi connectivity index (χ3v) is 3.29. The SMILES string of the molecule is CC(C)Oc1nc(N)nc(N2CCN(C(C)C)CC2)n1. The van der Waals surface area contributed by atoms with Crippen molar-refractivity contribution in [1.29, 1.82) is 0 Å². The van der Waals surface area contributed by atoms with E-state index in [2.05, 4.69) is 38.6 Å². The van der Waals surface area contributed by atoms with Crippen LogP contribution < -0.4 is 15.4 Å². The number of aromatic nitrogens is 3. The maximum absolute atomic E-state index is 5.74. The summed E-state index contributed by atoms with van der Waals surface area (Å²) in [7, 11) is 0. The number of rotatable bonds is 4. The molecule has 1 aliphatic rings. The van der Waals surface area contributed by atoms with Crippen molar-refractivity contribution in [3.05, 3.63) is 0 Å². The molecule has 2 N–H and O–H groups in total. The molecule has 0 bridgehead atoms. The normalized spacial score (nSPS) is 17.0. The van der Waals surface area contributed by atoms with Crippen LogP contribution in [0.15, 0.2) is 0 Å². The maximum atomic E-state index is 5.74. The van der Waals surface area contributed by atoms with Gasteiger partial charge in [-0.1, -0.05) is 0 Å². The van der Waals surface area contributed by atoms with Gasteiger partial charge in [0.15, 0.2) is 0 Å². The Morgan fingerprint density at radius 3 is 2.20 bits per heavy atom. The first kappa shape index (κ1) is 14.8. The minimum Gasteiger partial charge on any atom is -0.461 e. The van der Waals surface area contributed by atoms with Crippen LogP contribution in [0.25, 0.3) is 0 Å². The van der Waals surface area contributed by atoms with Crippen LogP contribution in [0.2, 0.25) is 0 Å². The molecular formula is C13H24N6O. The molecule has 7 nitrogen and oxygen atoms in total. The summed E-state index contributed by atoms with van der Waals surface area (Å²) in [6, 6.07) is 0.870. The Morgan fingerprint density at radius 2 is 1.65 bits per heavy atom. The summed E-state index contributed by atoms with van der Waals surface area (Å²) in [4.78, 5) is 17.1. The van der Waals surface area contributed by atoms with Gasteiger partial charge in [-0.25, -0.2) is 0 Å². The zero-order valence-electron chi connectivity index (χ0n) is 12.7. The number of hydrogen-bond acceptors (Lipinski definition) is 7. The number of nitrogens with two attached hydrogens (primary N) is 1. The molecule has 1 saturated heterocycles. The number of ether oxygens (including phenoxy) is 1. The molecule has 0 saturated carbocycles. The molecule has 2 rings (SSSR count). The second kappa shape index (κ2) is 6.21. The Bertz CT molecular complexity index is 442. The van der Waals surface area contributed by atoms with Gasteiger partial charge < -0.3 is 15.4 Å². The topological polar surface area (TPSA) is 80.4 Å². The van der Waals surface area contributed by atoms with E-state index in [1.54, 1.807) is 0 Å². The van der Waals surface area contributed by atoms with Crippen LogP contribution in [0.1, 0.15) is 27.7 Å². The number of hydrogen-bond donors (Lipinski definition) is 1. The maximum Gasteiger partial charge on any atom is 0.323 e. The molecule has 20 heavy (non-hydrogen) atoms. The first-order valence-electron chi connectivity index (χ1n) is 7.13. The second-order valence-electron chi connectivity index (χ2n) is 5.56. The van der Waals surface area contributed by atoms with Gasteiger partial charge in [0.1, 0.15) is 0 Å². The fraction of sp³-hybridized carbons (Fsp3) is 0.769. The minimum absolute atomic E-state index is 0.0161. The predicted octanol–water partition coefficient (Wildman–Crippen LogP) is 0.771. The van der Waals surface area contributed by atoms with Crippen LogP contribution in [0.3, 0.4) is 0 Å². The Balaban J connectivity index is 2.07. The monoisotopic (exact) mass is 280 g/mol. The lowest BCUT2D eigenvalue weighted by Crippen LogP contribution is -2.49. The molecule has 112 valence electrons. The van der Waals surface area contributed by atoms with Crippen molar-refractivity contribution in [3.63, 3.8) is 0 Å². The molecular weight excluding hydrogens is 256 g/mol. The van der Waals surface area contributed by atoms with Gasteiger partial charge in [0.05, 0.1) is 6.10 Å². The van der Waals surface area contributed by atoms with Crippen molar-refractivity contribution in [3.8, 4) is 6.01 Å². The third-order valence-electron chi connectivity index (χ3n) is 3.29. The molecule has 0 aliphatic carbocycles. The number of nitrogens with zero attached hydrogens (tertiary/aromatic N) is 5. The van der Waals surface area contributed by atoms with Gasteiger partial charge in [-0.3, -0.25) is 4.90 Å². The highest BCUT2D eigenvalue weighted by molar-refractivity contribution is 5.36. The summed E-state index contributed by atoms with van der Waals surface area (Å²) in [5.74, 6) is 0.813. The lowest BCUT2D eigenvalue weighted by atomic mass is 10.2. The lowest BCUT2D eigenvalue weighted by molar-refractivity contribution is 0.206. The predicted molar refractivity (Wildman–Crippen MR) is 78.9 cm³/mol. The van der Waals surface area contributed by atoms with Gasteiger partial charge in [0.2, 0.25) is 11.9 Å². The van der Waals surface area contributed by atoms with E-state index in [0.717, 1.165) is 26.2 Å². The fourth-order valence-corrected chi connectivity index (χ4v) is 2.20. The summed E-state index contributed by atoms with van der Waals surface area (Å²) < 4.78 is 5.51.